The monoisotopic (exact) mass is 347 g/mol. The Morgan fingerprint density at radius 1 is 1.20 bits per heavy atom. The number of hydrogen-bond donors (Lipinski definition) is 1. The minimum Gasteiger partial charge on any atom is -0.467 e. The molecule has 0 aliphatic carbocycles. The van der Waals surface area contributed by atoms with E-state index in [-0.39, 0.29) is 23.9 Å². The van der Waals surface area contributed by atoms with Gasteiger partial charge in [0, 0.05) is 6.54 Å². The van der Waals surface area contributed by atoms with Crippen molar-refractivity contribution in [3.63, 3.8) is 0 Å². The molecule has 3 rings (SSSR count). The number of carbonyl (C=O) groups excluding carboxylic acids is 2. The average Bonchev–Trinajstić information content (AvgIpc) is 3.25. The molecule has 1 aromatic rings. The van der Waals surface area contributed by atoms with E-state index in [2.05, 4.69) is 10.2 Å². The molecule has 0 bridgehead atoms. The molecule has 3 heterocycles. The molecular weight excluding hydrogens is 318 g/mol. The van der Waals surface area contributed by atoms with E-state index in [9.17, 15) is 9.59 Å². The second-order valence-electron chi connectivity index (χ2n) is 7.11. The molecule has 0 unspecified atom stereocenters. The fraction of sp³-hybridized carbons (Fsp3) is 0.684. The molecule has 6 heteroatoms. The summed E-state index contributed by atoms with van der Waals surface area (Å²) in [5, 5.41) is 2.90. The third-order valence-electron chi connectivity index (χ3n) is 5.40. The fourth-order valence-electron chi connectivity index (χ4n) is 3.89. The first-order valence-corrected chi connectivity index (χ1v) is 9.51. The van der Waals surface area contributed by atoms with Gasteiger partial charge in [-0.1, -0.05) is 12.8 Å². The Bertz CT molecular complexity index is 564. The van der Waals surface area contributed by atoms with Crippen molar-refractivity contribution in [2.45, 2.75) is 64.1 Å². The van der Waals surface area contributed by atoms with Crippen LogP contribution >= 0.6 is 0 Å². The number of amides is 2. The molecule has 138 valence electrons. The molecule has 1 aromatic heterocycles. The van der Waals surface area contributed by atoms with Crippen molar-refractivity contribution in [2.24, 2.45) is 0 Å². The predicted molar refractivity (Wildman–Crippen MR) is 94.8 cm³/mol. The summed E-state index contributed by atoms with van der Waals surface area (Å²) >= 11 is 0. The Balaban J connectivity index is 1.57. The van der Waals surface area contributed by atoms with E-state index in [1.165, 1.54) is 12.8 Å². The Morgan fingerprint density at radius 3 is 2.64 bits per heavy atom. The zero-order valence-corrected chi connectivity index (χ0v) is 15.1. The van der Waals surface area contributed by atoms with Crippen LogP contribution in [-0.2, 0) is 16.1 Å². The zero-order valence-electron chi connectivity index (χ0n) is 15.1. The van der Waals surface area contributed by atoms with E-state index >= 15 is 0 Å². The van der Waals surface area contributed by atoms with Gasteiger partial charge in [-0.2, -0.15) is 0 Å². The molecule has 0 spiro atoms. The number of nitrogens with one attached hydrogen (secondary N) is 1. The lowest BCUT2D eigenvalue weighted by atomic mass is 10.1. The first-order chi connectivity index (χ1) is 12.2. The number of hydrogen-bond acceptors (Lipinski definition) is 4. The van der Waals surface area contributed by atoms with Gasteiger partial charge in [0.05, 0.1) is 18.8 Å². The molecule has 2 aliphatic heterocycles. The molecule has 6 nitrogen and oxygen atoms in total. The van der Waals surface area contributed by atoms with E-state index in [4.69, 9.17) is 4.42 Å². The first-order valence-electron chi connectivity index (χ1n) is 9.51. The van der Waals surface area contributed by atoms with Crippen molar-refractivity contribution in [3.05, 3.63) is 24.2 Å². The lowest BCUT2D eigenvalue weighted by Gasteiger charge is -2.32. The molecule has 2 fully saturated rings. The maximum atomic E-state index is 13.0. The van der Waals surface area contributed by atoms with Crippen LogP contribution in [0, 0.1) is 0 Å². The predicted octanol–water partition coefficient (Wildman–Crippen LogP) is 2.15. The van der Waals surface area contributed by atoms with Crippen molar-refractivity contribution in [1.82, 2.24) is 15.1 Å². The molecule has 0 radical (unpaired) electrons. The molecule has 25 heavy (non-hydrogen) atoms. The second kappa shape index (κ2) is 8.52. The van der Waals surface area contributed by atoms with Crippen molar-refractivity contribution < 1.29 is 14.0 Å². The van der Waals surface area contributed by atoms with Crippen molar-refractivity contribution in [1.29, 1.82) is 0 Å². The van der Waals surface area contributed by atoms with Gasteiger partial charge in [0.1, 0.15) is 11.8 Å². The van der Waals surface area contributed by atoms with Gasteiger partial charge in [-0.3, -0.25) is 14.5 Å². The number of furan rings is 1. The number of carbonyl (C=O) groups is 2. The van der Waals surface area contributed by atoms with Crippen LogP contribution in [0.5, 0.6) is 0 Å². The van der Waals surface area contributed by atoms with Crippen LogP contribution in [0.15, 0.2) is 22.8 Å². The molecule has 0 aromatic carbocycles. The van der Waals surface area contributed by atoms with Crippen molar-refractivity contribution in [3.8, 4) is 0 Å². The Kier molecular flexibility index (Phi) is 6.13. The Labute approximate surface area is 149 Å². The van der Waals surface area contributed by atoms with Crippen LogP contribution in [0.2, 0.25) is 0 Å². The van der Waals surface area contributed by atoms with Gasteiger partial charge in [0.15, 0.2) is 0 Å². The lowest BCUT2D eigenvalue weighted by Crippen LogP contribution is -2.52. The Morgan fingerprint density at radius 2 is 1.96 bits per heavy atom. The highest BCUT2D eigenvalue weighted by molar-refractivity contribution is 5.90. The van der Waals surface area contributed by atoms with Crippen molar-refractivity contribution >= 4 is 11.8 Å². The van der Waals surface area contributed by atoms with Gasteiger partial charge in [0.2, 0.25) is 11.8 Å². The van der Waals surface area contributed by atoms with Gasteiger partial charge < -0.3 is 14.6 Å². The highest BCUT2D eigenvalue weighted by Gasteiger charge is 2.37. The summed E-state index contributed by atoms with van der Waals surface area (Å²) in [4.78, 5) is 29.6. The molecule has 2 amide bonds. The Hall–Kier alpha value is -1.82. The third-order valence-corrected chi connectivity index (χ3v) is 5.40. The SMILES string of the molecule is C[C@@H](C(=O)N1CCC[C@H]1C(=O)NCc1ccco1)N1CCCCCC1. The van der Waals surface area contributed by atoms with E-state index in [1.54, 1.807) is 17.2 Å². The van der Waals surface area contributed by atoms with Crippen LogP contribution in [0.25, 0.3) is 0 Å². The largest absolute Gasteiger partial charge is 0.467 e. The topological polar surface area (TPSA) is 65.8 Å². The van der Waals surface area contributed by atoms with E-state index in [0.29, 0.717) is 13.1 Å². The van der Waals surface area contributed by atoms with E-state index < -0.39 is 0 Å². The third kappa shape index (κ3) is 4.42. The number of nitrogens with zero attached hydrogens (tertiary/aromatic N) is 2. The lowest BCUT2D eigenvalue weighted by molar-refractivity contribution is -0.142. The summed E-state index contributed by atoms with van der Waals surface area (Å²) in [6.07, 6.45) is 8.03. The molecule has 1 N–H and O–H groups in total. The smallest absolute Gasteiger partial charge is 0.243 e. The number of rotatable bonds is 5. The summed E-state index contributed by atoms with van der Waals surface area (Å²) in [6.45, 7) is 5.00. The maximum Gasteiger partial charge on any atom is 0.243 e. The van der Waals surface area contributed by atoms with Crippen LogP contribution in [0.4, 0.5) is 0 Å². The molecule has 2 aliphatic rings. The fourth-order valence-corrected chi connectivity index (χ4v) is 3.89. The van der Waals surface area contributed by atoms with Crippen LogP contribution in [0.3, 0.4) is 0 Å². The quantitative estimate of drug-likeness (QED) is 0.886. The molecular formula is C19H29N3O3. The summed E-state index contributed by atoms with van der Waals surface area (Å²) in [5.74, 6) is 0.741. The highest BCUT2D eigenvalue weighted by atomic mass is 16.3. The minimum atomic E-state index is -0.350. The van der Waals surface area contributed by atoms with Gasteiger partial charge in [0.25, 0.3) is 0 Å². The zero-order chi connectivity index (χ0) is 17.6. The minimum absolute atomic E-state index is 0.0784. The van der Waals surface area contributed by atoms with Gasteiger partial charge in [-0.25, -0.2) is 0 Å². The molecule has 0 saturated carbocycles. The van der Waals surface area contributed by atoms with Crippen LogP contribution < -0.4 is 5.32 Å². The van der Waals surface area contributed by atoms with Gasteiger partial charge in [-0.15, -0.1) is 0 Å². The second-order valence-corrected chi connectivity index (χ2v) is 7.11. The normalized spacial score (nSPS) is 23.2. The van der Waals surface area contributed by atoms with Crippen LogP contribution in [-0.4, -0.2) is 53.3 Å². The van der Waals surface area contributed by atoms with Crippen LogP contribution in [0.1, 0.15) is 51.2 Å². The molecule has 2 atom stereocenters. The van der Waals surface area contributed by atoms with Gasteiger partial charge in [-0.05, 0) is 57.8 Å². The van der Waals surface area contributed by atoms with Crippen molar-refractivity contribution in [2.75, 3.05) is 19.6 Å². The van der Waals surface area contributed by atoms with Gasteiger partial charge >= 0.3 is 0 Å². The first kappa shape index (κ1) is 18.0. The average molecular weight is 347 g/mol. The summed E-state index contributed by atoms with van der Waals surface area (Å²) in [7, 11) is 0. The summed E-state index contributed by atoms with van der Waals surface area (Å²) in [6, 6.07) is 3.14. The summed E-state index contributed by atoms with van der Waals surface area (Å²) < 4.78 is 5.25. The maximum absolute atomic E-state index is 13.0. The highest BCUT2D eigenvalue weighted by Crippen LogP contribution is 2.21. The molecule has 2 saturated heterocycles. The number of likely N-dealkylation sites (tertiary alicyclic amines) is 2. The van der Waals surface area contributed by atoms with E-state index in [0.717, 1.165) is 44.5 Å². The standard InChI is InChI=1S/C19H29N3O3/c1-15(21-10-4-2-3-5-11-21)19(24)22-12-6-9-17(22)18(23)20-14-16-8-7-13-25-16/h7-8,13,15,17H,2-6,9-12,14H2,1H3,(H,20,23)/t15-,17-/m0/s1. The van der Waals surface area contributed by atoms with E-state index in [1.807, 2.05) is 13.0 Å². The summed E-state index contributed by atoms with van der Waals surface area (Å²) in [5.41, 5.74) is 0.